The summed E-state index contributed by atoms with van der Waals surface area (Å²) in [5, 5.41) is 3.68. The van der Waals surface area contributed by atoms with Crippen molar-refractivity contribution in [2.75, 3.05) is 7.11 Å². The summed E-state index contributed by atoms with van der Waals surface area (Å²) in [7, 11) is 1.42. The van der Waals surface area contributed by atoms with Gasteiger partial charge >= 0.3 is 5.97 Å². The van der Waals surface area contributed by atoms with Gasteiger partial charge in [-0.3, -0.25) is 0 Å². The van der Waals surface area contributed by atoms with Gasteiger partial charge in [0.15, 0.2) is 0 Å². The molecular weight excluding hydrogens is 238 g/mol. The number of hydrogen-bond acceptors (Lipinski definition) is 3. The summed E-state index contributed by atoms with van der Waals surface area (Å²) in [6, 6.07) is 9.37. The molecule has 2 fully saturated rings. The molecule has 2 aliphatic heterocycles. The Hall–Kier alpha value is -1.35. The number of nitrogens with one attached hydrogen (secondary N) is 1. The van der Waals surface area contributed by atoms with E-state index in [1.165, 1.54) is 38.4 Å². The summed E-state index contributed by atoms with van der Waals surface area (Å²) < 4.78 is 4.72. The zero-order valence-electron chi connectivity index (χ0n) is 11.4. The molecule has 19 heavy (non-hydrogen) atoms. The highest BCUT2D eigenvalue weighted by molar-refractivity contribution is 5.89. The van der Waals surface area contributed by atoms with Crippen molar-refractivity contribution in [3.05, 3.63) is 35.4 Å². The third-order valence-corrected chi connectivity index (χ3v) is 4.47. The third kappa shape index (κ3) is 2.81. The summed E-state index contributed by atoms with van der Waals surface area (Å²) in [4.78, 5) is 11.4. The van der Waals surface area contributed by atoms with E-state index in [0.29, 0.717) is 5.56 Å². The van der Waals surface area contributed by atoms with E-state index >= 15 is 0 Å². The second-order valence-electron chi connectivity index (χ2n) is 5.87. The number of benzene rings is 1. The fourth-order valence-corrected chi connectivity index (χ4v) is 3.57. The number of hydrogen-bond donors (Lipinski definition) is 1. The maximum Gasteiger partial charge on any atom is 0.337 e. The minimum Gasteiger partial charge on any atom is -0.465 e. The number of fused-ring (bicyclic) bond motifs is 2. The Labute approximate surface area is 114 Å². The van der Waals surface area contributed by atoms with Crippen LogP contribution in [-0.4, -0.2) is 25.2 Å². The summed E-state index contributed by atoms with van der Waals surface area (Å²) >= 11 is 0. The summed E-state index contributed by atoms with van der Waals surface area (Å²) in [6.45, 7) is 0. The van der Waals surface area contributed by atoms with E-state index in [0.717, 1.165) is 24.4 Å². The van der Waals surface area contributed by atoms with Crippen LogP contribution in [0.4, 0.5) is 0 Å². The molecule has 1 N–H and O–H groups in total. The number of carbonyl (C=O) groups excluding carboxylic acids is 1. The van der Waals surface area contributed by atoms with Crippen LogP contribution in [0, 0.1) is 5.92 Å². The SMILES string of the molecule is COC(=O)c1ccc(CC2CC3CCC(C2)N3)cc1. The van der Waals surface area contributed by atoms with Gasteiger partial charge in [-0.05, 0) is 55.7 Å². The van der Waals surface area contributed by atoms with Crippen LogP contribution in [0.1, 0.15) is 41.6 Å². The molecule has 0 aliphatic carbocycles. The van der Waals surface area contributed by atoms with Crippen LogP contribution in [-0.2, 0) is 11.2 Å². The fraction of sp³-hybridized carbons (Fsp3) is 0.562. The lowest BCUT2D eigenvalue weighted by atomic mass is 9.87. The number of carbonyl (C=O) groups is 1. The predicted octanol–water partition coefficient (Wildman–Crippen LogP) is 2.55. The Bertz CT molecular complexity index is 442. The summed E-state index contributed by atoms with van der Waals surface area (Å²) in [5.41, 5.74) is 1.97. The van der Waals surface area contributed by atoms with Gasteiger partial charge in [0.1, 0.15) is 0 Å². The lowest BCUT2D eigenvalue weighted by molar-refractivity contribution is 0.0600. The van der Waals surface area contributed by atoms with E-state index in [1.807, 2.05) is 12.1 Å². The van der Waals surface area contributed by atoms with Crippen LogP contribution in [0.25, 0.3) is 0 Å². The minimum absolute atomic E-state index is 0.258. The maximum atomic E-state index is 11.4. The average Bonchev–Trinajstić information content (AvgIpc) is 2.78. The van der Waals surface area contributed by atoms with Crippen molar-refractivity contribution < 1.29 is 9.53 Å². The lowest BCUT2D eigenvalue weighted by Crippen LogP contribution is -2.38. The van der Waals surface area contributed by atoms with Crippen molar-refractivity contribution in [1.82, 2.24) is 5.32 Å². The number of piperidine rings is 1. The molecule has 3 nitrogen and oxygen atoms in total. The second-order valence-corrected chi connectivity index (χ2v) is 5.87. The fourth-order valence-electron chi connectivity index (χ4n) is 3.57. The van der Waals surface area contributed by atoms with Crippen LogP contribution in [0.5, 0.6) is 0 Å². The number of esters is 1. The van der Waals surface area contributed by atoms with E-state index in [4.69, 9.17) is 4.74 Å². The molecule has 3 rings (SSSR count). The van der Waals surface area contributed by atoms with Gasteiger partial charge in [0.2, 0.25) is 0 Å². The largest absolute Gasteiger partial charge is 0.465 e. The molecule has 0 radical (unpaired) electrons. The first-order valence-corrected chi connectivity index (χ1v) is 7.18. The van der Waals surface area contributed by atoms with Gasteiger partial charge in [-0.25, -0.2) is 4.79 Å². The topological polar surface area (TPSA) is 38.3 Å². The van der Waals surface area contributed by atoms with Crippen LogP contribution in [0.3, 0.4) is 0 Å². The Morgan fingerprint density at radius 1 is 1.21 bits per heavy atom. The van der Waals surface area contributed by atoms with E-state index in [-0.39, 0.29) is 5.97 Å². The average molecular weight is 259 g/mol. The van der Waals surface area contributed by atoms with Crippen molar-refractivity contribution in [1.29, 1.82) is 0 Å². The first-order valence-electron chi connectivity index (χ1n) is 7.18. The molecule has 2 bridgehead atoms. The highest BCUT2D eigenvalue weighted by Gasteiger charge is 2.33. The molecule has 1 aromatic rings. The van der Waals surface area contributed by atoms with Crippen LogP contribution in [0.15, 0.2) is 24.3 Å². The molecule has 0 saturated carbocycles. The van der Waals surface area contributed by atoms with Crippen molar-refractivity contribution >= 4 is 5.97 Å². The zero-order valence-corrected chi connectivity index (χ0v) is 11.4. The minimum atomic E-state index is -0.258. The Morgan fingerprint density at radius 3 is 2.42 bits per heavy atom. The number of methoxy groups -OCH3 is 1. The molecular formula is C16H21NO2. The predicted molar refractivity (Wildman–Crippen MR) is 74.2 cm³/mol. The summed E-state index contributed by atoms with van der Waals surface area (Å²) in [6.07, 6.45) is 6.44. The molecule has 0 spiro atoms. The molecule has 0 aromatic heterocycles. The number of ether oxygens (including phenoxy) is 1. The van der Waals surface area contributed by atoms with E-state index in [9.17, 15) is 4.79 Å². The highest BCUT2D eigenvalue weighted by Crippen LogP contribution is 2.32. The molecule has 1 aromatic carbocycles. The molecule has 2 aliphatic rings. The first kappa shape index (κ1) is 12.7. The Balaban J connectivity index is 1.62. The quantitative estimate of drug-likeness (QED) is 0.848. The third-order valence-electron chi connectivity index (χ3n) is 4.47. The Morgan fingerprint density at radius 2 is 1.84 bits per heavy atom. The molecule has 2 unspecified atom stereocenters. The van der Waals surface area contributed by atoms with Gasteiger partial charge in [-0.1, -0.05) is 12.1 Å². The Kier molecular flexibility index (Phi) is 3.56. The standard InChI is InChI=1S/C16H21NO2/c1-19-16(18)13-4-2-11(3-5-13)8-12-9-14-6-7-15(10-12)17-14/h2-5,12,14-15,17H,6-10H2,1H3. The molecule has 102 valence electrons. The maximum absolute atomic E-state index is 11.4. The van der Waals surface area contributed by atoms with E-state index in [1.54, 1.807) is 0 Å². The van der Waals surface area contributed by atoms with Gasteiger partial charge < -0.3 is 10.1 Å². The summed E-state index contributed by atoms with van der Waals surface area (Å²) in [5.74, 6) is 0.536. The van der Waals surface area contributed by atoms with Gasteiger partial charge in [0.25, 0.3) is 0 Å². The smallest absolute Gasteiger partial charge is 0.337 e. The molecule has 0 amide bonds. The number of rotatable bonds is 3. The molecule has 2 atom stereocenters. The first-order chi connectivity index (χ1) is 9.24. The van der Waals surface area contributed by atoms with Crippen LogP contribution in [0.2, 0.25) is 0 Å². The van der Waals surface area contributed by atoms with E-state index in [2.05, 4.69) is 17.4 Å². The molecule has 3 heteroatoms. The van der Waals surface area contributed by atoms with Crippen molar-refractivity contribution in [3.63, 3.8) is 0 Å². The van der Waals surface area contributed by atoms with E-state index < -0.39 is 0 Å². The van der Waals surface area contributed by atoms with Crippen molar-refractivity contribution in [2.24, 2.45) is 5.92 Å². The van der Waals surface area contributed by atoms with Gasteiger partial charge in [-0.15, -0.1) is 0 Å². The van der Waals surface area contributed by atoms with Gasteiger partial charge in [0.05, 0.1) is 12.7 Å². The van der Waals surface area contributed by atoms with Crippen molar-refractivity contribution in [3.8, 4) is 0 Å². The zero-order chi connectivity index (χ0) is 13.2. The monoisotopic (exact) mass is 259 g/mol. The van der Waals surface area contributed by atoms with Crippen LogP contribution < -0.4 is 5.32 Å². The van der Waals surface area contributed by atoms with Gasteiger partial charge in [0, 0.05) is 12.1 Å². The molecule has 2 saturated heterocycles. The second kappa shape index (κ2) is 5.33. The van der Waals surface area contributed by atoms with Crippen LogP contribution >= 0.6 is 0 Å². The normalized spacial score (nSPS) is 29.2. The lowest BCUT2D eigenvalue weighted by Gasteiger charge is -2.29. The highest BCUT2D eigenvalue weighted by atomic mass is 16.5. The van der Waals surface area contributed by atoms with Crippen molar-refractivity contribution in [2.45, 2.75) is 44.2 Å². The molecule has 2 heterocycles. The van der Waals surface area contributed by atoms with Gasteiger partial charge in [-0.2, -0.15) is 0 Å².